The SMILES string of the molecule is Cc1sc2nc(NC(=O)Cc3ccccc3)nn2c1C. The quantitative estimate of drug-likeness (QED) is 0.805. The zero-order valence-corrected chi connectivity index (χ0v) is 12.1. The van der Waals surface area contributed by atoms with Gasteiger partial charge in [0.25, 0.3) is 0 Å². The molecule has 0 saturated carbocycles. The number of thiazole rings is 1. The summed E-state index contributed by atoms with van der Waals surface area (Å²) in [4.78, 5) is 18.2. The molecule has 6 heteroatoms. The van der Waals surface area contributed by atoms with Gasteiger partial charge in [-0.1, -0.05) is 41.7 Å². The molecule has 0 atom stereocenters. The number of carbonyl (C=O) groups excluding carboxylic acids is 1. The van der Waals surface area contributed by atoms with Crippen molar-refractivity contribution >= 4 is 28.2 Å². The van der Waals surface area contributed by atoms with Crippen LogP contribution in [0.3, 0.4) is 0 Å². The second-order valence-electron chi connectivity index (χ2n) is 4.58. The minimum atomic E-state index is -0.108. The third-order valence-corrected chi connectivity index (χ3v) is 4.16. The van der Waals surface area contributed by atoms with Crippen molar-refractivity contribution in [3.8, 4) is 0 Å². The molecule has 2 heterocycles. The summed E-state index contributed by atoms with van der Waals surface area (Å²) in [7, 11) is 0. The second kappa shape index (κ2) is 5.05. The van der Waals surface area contributed by atoms with E-state index in [1.807, 2.05) is 44.2 Å². The zero-order valence-electron chi connectivity index (χ0n) is 11.3. The van der Waals surface area contributed by atoms with Gasteiger partial charge in [-0.15, -0.1) is 5.10 Å². The minimum absolute atomic E-state index is 0.108. The number of nitrogens with zero attached hydrogens (tertiary/aromatic N) is 3. The number of benzene rings is 1. The number of fused-ring (bicyclic) bond motifs is 1. The van der Waals surface area contributed by atoms with E-state index in [0.717, 1.165) is 16.2 Å². The summed E-state index contributed by atoms with van der Waals surface area (Å²) in [5.74, 6) is 0.254. The lowest BCUT2D eigenvalue weighted by Crippen LogP contribution is -2.15. The maximum absolute atomic E-state index is 11.9. The van der Waals surface area contributed by atoms with Crippen molar-refractivity contribution in [3.63, 3.8) is 0 Å². The average Bonchev–Trinajstić information content (AvgIpc) is 2.91. The van der Waals surface area contributed by atoms with Crippen molar-refractivity contribution < 1.29 is 4.79 Å². The Hall–Kier alpha value is -2.21. The van der Waals surface area contributed by atoms with Crippen LogP contribution in [-0.4, -0.2) is 20.5 Å². The van der Waals surface area contributed by atoms with Gasteiger partial charge in [0.1, 0.15) is 0 Å². The minimum Gasteiger partial charge on any atom is -0.293 e. The predicted octanol–water partition coefficient (Wildman–Crippen LogP) is 2.59. The van der Waals surface area contributed by atoms with Crippen molar-refractivity contribution in [2.75, 3.05) is 5.32 Å². The Morgan fingerprint density at radius 3 is 2.75 bits per heavy atom. The van der Waals surface area contributed by atoms with E-state index in [-0.39, 0.29) is 5.91 Å². The van der Waals surface area contributed by atoms with E-state index in [9.17, 15) is 4.79 Å². The topological polar surface area (TPSA) is 59.3 Å². The molecule has 1 aromatic carbocycles. The summed E-state index contributed by atoms with van der Waals surface area (Å²) in [6, 6.07) is 9.61. The van der Waals surface area contributed by atoms with Gasteiger partial charge in [0.05, 0.1) is 12.1 Å². The molecule has 3 rings (SSSR count). The average molecular weight is 286 g/mol. The highest BCUT2D eigenvalue weighted by Crippen LogP contribution is 2.21. The molecule has 0 saturated heterocycles. The van der Waals surface area contributed by atoms with Crippen LogP contribution in [0.25, 0.3) is 4.96 Å². The van der Waals surface area contributed by atoms with Gasteiger partial charge in [0.15, 0.2) is 0 Å². The first-order chi connectivity index (χ1) is 9.63. The number of carbonyl (C=O) groups is 1. The number of hydrogen-bond acceptors (Lipinski definition) is 4. The number of aryl methyl sites for hydroxylation is 2. The number of anilines is 1. The molecule has 0 aliphatic heterocycles. The van der Waals surface area contributed by atoms with Gasteiger partial charge in [-0.25, -0.2) is 4.52 Å². The molecule has 0 aliphatic carbocycles. The van der Waals surface area contributed by atoms with Crippen LogP contribution in [0.4, 0.5) is 5.95 Å². The van der Waals surface area contributed by atoms with E-state index >= 15 is 0 Å². The molecule has 20 heavy (non-hydrogen) atoms. The number of aromatic nitrogens is 3. The summed E-state index contributed by atoms with van der Waals surface area (Å²) in [5, 5.41) is 7.04. The largest absolute Gasteiger partial charge is 0.293 e. The molecule has 0 spiro atoms. The number of nitrogens with one attached hydrogen (secondary N) is 1. The maximum atomic E-state index is 11.9. The molecule has 1 amide bonds. The molecule has 0 bridgehead atoms. The van der Waals surface area contributed by atoms with Crippen LogP contribution in [0.1, 0.15) is 16.1 Å². The van der Waals surface area contributed by atoms with E-state index in [2.05, 4.69) is 15.4 Å². The Bertz CT molecular complexity index is 760. The Morgan fingerprint density at radius 2 is 2.05 bits per heavy atom. The van der Waals surface area contributed by atoms with E-state index in [0.29, 0.717) is 12.4 Å². The lowest BCUT2D eigenvalue weighted by atomic mass is 10.1. The van der Waals surface area contributed by atoms with Gasteiger partial charge >= 0.3 is 0 Å². The molecule has 0 unspecified atom stereocenters. The lowest BCUT2D eigenvalue weighted by Gasteiger charge is -2.00. The van der Waals surface area contributed by atoms with Crippen molar-refractivity contribution in [3.05, 3.63) is 46.5 Å². The van der Waals surface area contributed by atoms with E-state index in [1.54, 1.807) is 15.9 Å². The normalized spacial score (nSPS) is 10.9. The van der Waals surface area contributed by atoms with Gasteiger partial charge in [-0.05, 0) is 19.4 Å². The molecule has 1 N–H and O–H groups in total. The van der Waals surface area contributed by atoms with Crippen LogP contribution in [0.15, 0.2) is 30.3 Å². The van der Waals surface area contributed by atoms with Crippen LogP contribution in [0.2, 0.25) is 0 Å². The first-order valence-corrected chi connectivity index (χ1v) is 7.11. The van der Waals surface area contributed by atoms with Crippen molar-refractivity contribution in [1.82, 2.24) is 14.6 Å². The van der Waals surface area contributed by atoms with Crippen molar-refractivity contribution in [2.45, 2.75) is 20.3 Å². The Kier molecular flexibility index (Phi) is 3.23. The van der Waals surface area contributed by atoms with E-state index < -0.39 is 0 Å². The molecular weight excluding hydrogens is 272 g/mol. The Balaban J connectivity index is 1.74. The molecule has 0 radical (unpaired) electrons. The third kappa shape index (κ3) is 2.42. The van der Waals surface area contributed by atoms with Crippen molar-refractivity contribution in [1.29, 1.82) is 0 Å². The Labute approximate surface area is 120 Å². The summed E-state index contributed by atoms with van der Waals surface area (Å²) >= 11 is 1.57. The van der Waals surface area contributed by atoms with Crippen molar-refractivity contribution in [2.24, 2.45) is 0 Å². The monoisotopic (exact) mass is 286 g/mol. The van der Waals surface area contributed by atoms with Crippen LogP contribution in [0.5, 0.6) is 0 Å². The van der Waals surface area contributed by atoms with Gasteiger partial charge < -0.3 is 0 Å². The van der Waals surface area contributed by atoms with Gasteiger partial charge in [-0.2, -0.15) is 4.98 Å². The summed E-state index contributed by atoms with van der Waals surface area (Å²) < 4.78 is 1.76. The molecule has 0 aliphatic rings. The summed E-state index contributed by atoms with van der Waals surface area (Å²) in [5.41, 5.74) is 2.03. The standard InChI is InChI=1S/C14H14N4OS/c1-9-10(2)20-14-16-13(17-18(9)14)15-12(19)8-11-6-4-3-5-7-11/h3-7H,8H2,1-2H3,(H,15,17,19). The predicted molar refractivity (Wildman–Crippen MR) is 79.1 cm³/mol. The molecule has 2 aromatic heterocycles. The number of amides is 1. The van der Waals surface area contributed by atoms with Crippen LogP contribution in [-0.2, 0) is 11.2 Å². The fraction of sp³-hybridized carbons (Fsp3) is 0.214. The molecule has 0 fully saturated rings. The van der Waals surface area contributed by atoms with E-state index in [4.69, 9.17) is 0 Å². The first-order valence-electron chi connectivity index (χ1n) is 6.30. The van der Waals surface area contributed by atoms with Gasteiger partial charge in [-0.3, -0.25) is 10.1 Å². The fourth-order valence-corrected chi connectivity index (χ4v) is 2.85. The smallest absolute Gasteiger partial charge is 0.250 e. The highest BCUT2D eigenvalue weighted by atomic mass is 32.1. The summed E-state index contributed by atoms with van der Waals surface area (Å²) in [6.07, 6.45) is 0.325. The first kappa shape index (κ1) is 12.8. The molecule has 5 nitrogen and oxygen atoms in total. The van der Waals surface area contributed by atoms with Crippen LogP contribution < -0.4 is 5.32 Å². The van der Waals surface area contributed by atoms with Crippen LogP contribution >= 0.6 is 11.3 Å². The van der Waals surface area contributed by atoms with E-state index in [1.165, 1.54) is 4.88 Å². The fourth-order valence-electron chi connectivity index (χ4n) is 1.95. The number of rotatable bonds is 3. The summed E-state index contributed by atoms with van der Waals surface area (Å²) in [6.45, 7) is 4.02. The molecular formula is C14H14N4OS. The Morgan fingerprint density at radius 1 is 1.30 bits per heavy atom. The highest BCUT2D eigenvalue weighted by molar-refractivity contribution is 7.17. The molecule has 3 aromatic rings. The van der Waals surface area contributed by atoms with Gasteiger partial charge in [0.2, 0.25) is 16.8 Å². The van der Waals surface area contributed by atoms with Gasteiger partial charge in [0, 0.05) is 4.88 Å². The second-order valence-corrected chi connectivity index (χ2v) is 5.77. The van der Waals surface area contributed by atoms with Crippen LogP contribution in [0, 0.1) is 13.8 Å². The maximum Gasteiger partial charge on any atom is 0.250 e. The molecule has 102 valence electrons. The highest BCUT2D eigenvalue weighted by Gasteiger charge is 2.12. The number of hydrogen-bond donors (Lipinski definition) is 1. The lowest BCUT2D eigenvalue weighted by molar-refractivity contribution is -0.115. The third-order valence-electron chi connectivity index (χ3n) is 3.11. The zero-order chi connectivity index (χ0) is 14.1.